The molecule has 206 valence electrons. The first-order valence-corrected chi connectivity index (χ1v) is 12.4. The Labute approximate surface area is 221 Å². The van der Waals surface area contributed by atoms with Gasteiger partial charge in [0.15, 0.2) is 11.6 Å². The number of rotatable bonds is 5. The standard InChI is InChI=1S/C24H28ClF4N7O2/c1-34(2)22(37)16-5-7-35(21-19(26)20(30)31-12-32-21)11-18(16)36-6-3-4-17(23(36)38)33-15-9-13(24(27,28)29)8-14(25)10-15/h8-10,12,16-18,33H,3-7,11H2,1-2H3,(H2,30,31,32)/t16-,17+,18-/m0/s1. The lowest BCUT2D eigenvalue weighted by atomic mass is 9.87. The molecule has 2 aliphatic heterocycles. The minimum absolute atomic E-state index is 0.0176. The minimum Gasteiger partial charge on any atom is -0.381 e. The van der Waals surface area contributed by atoms with Crippen molar-refractivity contribution in [3.63, 3.8) is 0 Å². The number of aromatic nitrogens is 2. The topological polar surface area (TPSA) is 108 Å². The highest BCUT2D eigenvalue weighted by molar-refractivity contribution is 6.31. The molecule has 0 unspecified atom stereocenters. The maximum absolute atomic E-state index is 14.7. The number of piperidine rings is 2. The van der Waals surface area contributed by atoms with Crippen LogP contribution in [-0.4, -0.2) is 77.4 Å². The van der Waals surface area contributed by atoms with E-state index in [4.69, 9.17) is 17.3 Å². The van der Waals surface area contributed by atoms with Crippen LogP contribution in [0.5, 0.6) is 0 Å². The zero-order valence-corrected chi connectivity index (χ0v) is 21.6. The normalized spacial score (nSPS) is 22.4. The van der Waals surface area contributed by atoms with Crippen LogP contribution in [0.3, 0.4) is 0 Å². The van der Waals surface area contributed by atoms with E-state index in [9.17, 15) is 27.2 Å². The SMILES string of the molecule is CN(C)C(=O)[C@H]1CCN(c2ncnc(N)c2F)C[C@@H]1N1CCC[C@@H](Nc2cc(Cl)cc(C(F)(F)F)c2)C1=O. The average molecular weight is 558 g/mol. The Morgan fingerprint density at radius 3 is 2.61 bits per heavy atom. The van der Waals surface area contributed by atoms with E-state index in [-0.39, 0.29) is 40.7 Å². The van der Waals surface area contributed by atoms with Crippen molar-refractivity contribution in [1.82, 2.24) is 19.8 Å². The molecular formula is C24H28ClF4N7O2. The van der Waals surface area contributed by atoms with Gasteiger partial charge in [0.05, 0.1) is 17.5 Å². The third-order valence-corrected chi connectivity index (χ3v) is 7.10. The highest BCUT2D eigenvalue weighted by Crippen LogP contribution is 2.35. The molecule has 0 aliphatic carbocycles. The smallest absolute Gasteiger partial charge is 0.381 e. The van der Waals surface area contributed by atoms with E-state index in [1.54, 1.807) is 23.9 Å². The van der Waals surface area contributed by atoms with Crippen molar-refractivity contribution in [2.24, 2.45) is 5.92 Å². The van der Waals surface area contributed by atoms with Gasteiger partial charge in [-0.2, -0.15) is 17.6 Å². The Bertz CT molecular complexity index is 1210. The molecular weight excluding hydrogens is 530 g/mol. The number of benzene rings is 1. The van der Waals surface area contributed by atoms with Gasteiger partial charge >= 0.3 is 6.18 Å². The Hall–Kier alpha value is -3.35. The third-order valence-electron chi connectivity index (χ3n) is 6.88. The van der Waals surface area contributed by atoms with Crippen molar-refractivity contribution >= 4 is 40.7 Å². The Balaban J connectivity index is 1.61. The molecule has 1 aromatic heterocycles. The third kappa shape index (κ3) is 5.71. The molecule has 3 N–H and O–H groups in total. The molecule has 0 spiro atoms. The van der Waals surface area contributed by atoms with Crippen molar-refractivity contribution in [1.29, 1.82) is 0 Å². The number of amides is 2. The van der Waals surface area contributed by atoms with Gasteiger partial charge in [-0.25, -0.2) is 9.97 Å². The van der Waals surface area contributed by atoms with Crippen molar-refractivity contribution in [2.45, 2.75) is 37.5 Å². The number of anilines is 3. The summed E-state index contributed by atoms with van der Waals surface area (Å²) < 4.78 is 54.5. The van der Waals surface area contributed by atoms with Crippen LogP contribution in [0.25, 0.3) is 0 Å². The minimum atomic E-state index is -4.60. The van der Waals surface area contributed by atoms with Gasteiger partial charge < -0.3 is 25.8 Å². The Morgan fingerprint density at radius 1 is 1.18 bits per heavy atom. The fourth-order valence-corrected chi connectivity index (χ4v) is 5.29. The molecule has 1 aromatic carbocycles. The Kier molecular flexibility index (Phi) is 7.86. The number of carbonyl (C=O) groups excluding carboxylic acids is 2. The summed E-state index contributed by atoms with van der Waals surface area (Å²) >= 11 is 5.91. The maximum Gasteiger partial charge on any atom is 0.416 e. The summed E-state index contributed by atoms with van der Waals surface area (Å²) in [4.78, 5) is 39.0. The fraction of sp³-hybridized carbons (Fsp3) is 0.500. The van der Waals surface area contributed by atoms with E-state index in [1.807, 2.05) is 0 Å². The molecule has 2 amide bonds. The second-order valence-electron chi connectivity index (χ2n) is 9.63. The average Bonchev–Trinajstić information content (AvgIpc) is 2.85. The molecule has 9 nitrogen and oxygen atoms in total. The largest absolute Gasteiger partial charge is 0.416 e. The second kappa shape index (κ2) is 10.8. The van der Waals surface area contributed by atoms with Crippen LogP contribution in [0.15, 0.2) is 24.5 Å². The first-order valence-electron chi connectivity index (χ1n) is 12.0. The van der Waals surface area contributed by atoms with Crippen LogP contribution in [-0.2, 0) is 15.8 Å². The number of alkyl halides is 3. The lowest BCUT2D eigenvalue weighted by Crippen LogP contribution is -2.62. The van der Waals surface area contributed by atoms with Gasteiger partial charge in [0.25, 0.3) is 0 Å². The van der Waals surface area contributed by atoms with Crippen LogP contribution < -0.4 is 16.0 Å². The molecule has 2 aliphatic rings. The summed E-state index contributed by atoms with van der Waals surface area (Å²) in [5.41, 5.74) is 4.75. The molecule has 0 saturated carbocycles. The summed E-state index contributed by atoms with van der Waals surface area (Å²) in [6.07, 6.45) is -2.20. The molecule has 0 radical (unpaired) electrons. The lowest BCUT2D eigenvalue weighted by molar-refractivity contribution is -0.143. The van der Waals surface area contributed by atoms with Crippen molar-refractivity contribution < 1.29 is 27.2 Å². The fourth-order valence-electron chi connectivity index (χ4n) is 5.05. The number of nitrogens with one attached hydrogen (secondary N) is 1. The molecule has 2 saturated heterocycles. The molecule has 2 aromatic rings. The number of nitrogen functional groups attached to an aromatic ring is 1. The summed E-state index contributed by atoms with van der Waals surface area (Å²) in [7, 11) is 3.24. The molecule has 3 heterocycles. The van der Waals surface area contributed by atoms with E-state index >= 15 is 0 Å². The molecule has 3 atom stereocenters. The molecule has 14 heteroatoms. The quantitative estimate of drug-likeness (QED) is 0.543. The first kappa shape index (κ1) is 27.7. The summed E-state index contributed by atoms with van der Waals surface area (Å²) in [5.74, 6) is -2.21. The Morgan fingerprint density at radius 2 is 1.92 bits per heavy atom. The number of hydrogen-bond acceptors (Lipinski definition) is 7. The number of likely N-dealkylation sites (tertiary alicyclic amines) is 1. The van der Waals surface area contributed by atoms with Crippen molar-refractivity contribution in [3.05, 3.63) is 40.9 Å². The van der Waals surface area contributed by atoms with Gasteiger partial charge in [0, 0.05) is 44.4 Å². The van der Waals surface area contributed by atoms with Crippen LogP contribution in [0.4, 0.5) is 34.9 Å². The van der Waals surface area contributed by atoms with Crippen LogP contribution in [0.2, 0.25) is 5.02 Å². The summed E-state index contributed by atoms with van der Waals surface area (Å²) in [6, 6.07) is 1.58. The van der Waals surface area contributed by atoms with Crippen LogP contribution in [0, 0.1) is 11.7 Å². The zero-order valence-electron chi connectivity index (χ0n) is 20.8. The van der Waals surface area contributed by atoms with Gasteiger partial charge in [-0.3, -0.25) is 9.59 Å². The number of nitrogens with zero attached hydrogens (tertiary/aromatic N) is 5. The van der Waals surface area contributed by atoms with Gasteiger partial charge in [0.1, 0.15) is 12.4 Å². The van der Waals surface area contributed by atoms with E-state index < -0.39 is 35.6 Å². The highest BCUT2D eigenvalue weighted by Gasteiger charge is 2.44. The van der Waals surface area contributed by atoms with Crippen LogP contribution >= 0.6 is 11.6 Å². The number of carbonyl (C=O) groups is 2. The van der Waals surface area contributed by atoms with Crippen molar-refractivity contribution in [2.75, 3.05) is 49.7 Å². The molecule has 38 heavy (non-hydrogen) atoms. The summed E-state index contributed by atoms with van der Waals surface area (Å²) in [6.45, 7) is 0.760. The number of halogens is 5. The monoisotopic (exact) mass is 557 g/mol. The van der Waals surface area contributed by atoms with E-state index in [2.05, 4.69) is 15.3 Å². The van der Waals surface area contributed by atoms with Gasteiger partial charge in [0.2, 0.25) is 17.6 Å². The summed E-state index contributed by atoms with van der Waals surface area (Å²) in [5, 5.41) is 2.78. The predicted molar refractivity (Wildman–Crippen MR) is 134 cm³/mol. The van der Waals surface area contributed by atoms with E-state index in [0.717, 1.165) is 18.5 Å². The first-order chi connectivity index (χ1) is 17.9. The molecule has 4 rings (SSSR count). The van der Waals surface area contributed by atoms with Crippen LogP contribution in [0.1, 0.15) is 24.8 Å². The zero-order chi connectivity index (χ0) is 27.8. The predicted octanol–water partition coefficient (Wildman–Crippen LogP) is 3.26. The van der Waals surface area contributed by atoms with Gasteiger partial charge in [-0.1, -0.05) is 11.6 Å². The number of nitrogens with two attached hydrogens (primary N) is 1. The second-order valence-corrected chi connectivity index (χ2v) is 10.1. The van der Waals surface area contributed by atoms with Gasteiger partial charge in [-0.15, -0.1) is 0 Å². The van der Waals surface area contributed by atoms with Gasteiger partial charge in [-0.05, 0) is 37.5 Å². The molecule has 2 fully saturated rings. The maximum atomic E-state index is 14.7. The number of hydrogen-bond donors (Lipinski definition) is 2. The lowest BCUT2D eigenvalue weighted by Gasteiger charge is -2.47. The van der Waals surface area contributed by atoms with E-state index in [1.165, 1.54) is 11.0 Å². The highest BCUT2D eigenvalue weighted by atomic mass is 35.5. The van der Waals surface area contributed by atoms with Crippen molar-refractivity contribution in [3.8, 4) is 0 Å². The molecule has 0 bridgehead atoms. The van der Waals surface area contributed by atoms with E-state index in [0.29, 0.717) is 32.4 Å².